The quantitative estimate of drug-likeness (QED) is 0.808. The minimum absolute atomic E-state index is 0.00279. The van der Waals surface area contributed by atoms with Crippen molar-refractivity contribution < 1.29 is 13.5 Å². The zero-order valence-corrected chi connectivity index (χ0v) is 11.5. The van der Waals surface area contributed by atoms with Crippen molar-refractivity contribution in [2.75, 3.05) is 25.4 Å². The Bertz CT molecular complexity index is 545. The lowest BCUT2D eigenvalue weighted by Crippen LogP contribution is -2.51. The predicted octanol–water partition coefficient (Wildman–Crippen LogP) is 0.843. The van der Waals surface area contributed by atoms with Gasteiger partial charge in [0.1, 0.15) is 0 Å². The molecule has 0 aliphatic carbocycles. The summed E-state index contributed by atoms with van der Waals surface area (Å²) in [5, 5.41) is 9.24. The lowest BCUT2D eigenvalue weighted by Gasteiger charge is -2.37. The normalized spacial score (nSPS) is 17.7. The van der Waals surface area contributed by atoms with E-state index in [9.17, 15) is 8.42 Å². The van der Waals surface area contributed by atoms with Gasteiger partial charge in [0.15, 0.2) is 0 Å². The second-order valence-electron chi connectivity index (χ2n) is 4.49. The van der Waals surface area contributed by atoms with Gasteiger partial charge in [0, 0.05) is 36.3 Å². The Kier molecular flexibility index (Phi) is 3.55. The second-order valence-corrected chi connectivity index (χ2v) is 6.84. The minimum Gasteiger partial charge on any atom is -0.398 e. The molecule has 0 spiro atoms. The number of hydrogen-bond acceptors (Lipinski definition) is 4. The van der Waals surface area contributed by atoms with Gasteiger partial charge in [0.25, 0.3) is 0 Å². The number of aliphatic hydroxyl groups excluding tert-OH is 1. The molecule has 7 heteroatoms. The van der Waals surface area contributed by atoms with Crippen molar-refractivity contribution in [3.05, 3.63) is 22.7 Å². The fourth-order valence-corrected chi connectivity index (χ4v) is 3.75. The summed E-state index contributed by atoms with van der Waals surface area (Å²) < 4.78 is 25.8. The fraction of sp³-hybridized carbons (Fsp3) is 0.455. The summed E-state index contributed by atoms with van der Waals surface area (Å²) in [6.07, 6.45) is 0. The zero-order chi connectivity index (χ0) is 13.5. The molecule has 1 aliphatic heterocycles. The van der Waals surface area contributed by atoms with Gasteiger partial charge in [-0.25, -0.2) is 8.42 Å². The van der Waals surface area contributed by atoms with Crippen LogP contribution in [0.15, 0.2) is 17.0 Å². The number of rotatable bonds is 3. The van der Waals surface area contributed by atoms with Crippen LogP contribution in [0.2, 0.25) is 5.02 Å². The molecule has 1 heterocycles. The van der Waals surface area contributed by atoms with Crippen LogP contribution in [0.25, 0.3) is 0 Å². The highest BCUT2D eigenvalue weighted by atomic mass is 35.5. The molecule has 0 bridgehead atoms. The molecule has 1 aromatic rings. The van der Waals surface area contributed by atoms with Crippen LogP contribution in [-0.2, 0) is 10.0 Å². The van der Waals surface area contributed by atoms with E-state index >= 15 is 0 Å². The van der Waals surface area contributed by atoms with Gasteiger partial charge in [-0.3, -0.25) is 0 Å². The number of anilines is 1. The molecule has 100 valence electrons. The fourth-order valence-electron chi connectivity index (χ4n) is 1.81. The highest BCUT2D eigenvalue weighted by molar-refractivity contribution is 7.89. The van der Waals surface area contributed by atoms with Crippen LogP contribution < -0.4 is 5.73 Å². The van der Waals surface area contributed by atoms with Gasteiger partial charge < -0.3 is 10.8 Å². The molecule has 1 aliphatic rings. The van der Waals surface area contributed by atoms with Crippen molar-refractivity contribution in [2.24, 2.45) is 5.92 Å². The third-order valence-corrected chi connectivity index (χ3v) is 5.38. The molecule has 3 N–H and O–H groups in total. The summed E-state index contributed by atoms with van der Waals surface area (Å²) in [5.74, 6) is 0.0260. The molecule has 0 radical (unpaired) electrons. The Morgan fingerprint density at radius 3 is 2.61 bits per heavy atom. The van der Waals surface area contributed by atoms with Crippen molar-refractivity contribution in [1.82, 2.24) is 4.31 Å². The molecule has 18 heavy (non-hydrogen) atoms. The number of aliphatic hydroxyl groups is 1. The summed E-state index contributed by atoms with van der Waals surface area (Å²) in [7, 11) is -3.55. The third-order valence-electron chi connectivity index (χ3n) is 3.18. The number of hydrogen-bond donors (Lipinski definition) is 2. The third kappa shape index (κ3) is 2.21. The maximum atomic E-state index is 12.2. The lowest BCUT2D eigenvalue weighted by atomic mass is 10.1. The average molecular weight is 291 g/mol. The van der Waals surface area contributed by atoms with Crippen LogP contribution in [-0.4, -0.2) is 37.5 Å². The summed E-state index contributed by atoms with van der Waals surface area (Å²) in [6.45, 7) is 2.41. The van der Waals surface area contributed by atoms with Crippen molar-refractivity contribution >= 4 is 27.3 Å². The smallest absolute Gasteiger partial charge is 0.243 e. The summed E-state index contributed by atoms with van der Waals surface area (Å²) >= 11 is 5.94. The van der Waals surface area contributed by atoms with E-state index in [1.807, 2.05) is 0 Å². The topological polar surface area (TPSA) is 83.6 Å². The summed E-state index contributed by atoms with van der Waals surface area (Å²) in [6, 6.07) is 2.83. The van der Waals surface area contributed by atoms with E-state index in [0.29, 0.717) is 29.4 Å². The average Bonchev–Trinajstić information content (AvgIpc) is 2.23. The van der Waals surface area contributed by atoms with Crippen molar-refractivity contribution in [1.29, 1.82) is 0 Å². The maximum Gasteiger partial charge on any atom is 0.243 e. The first-order chi connectivity index (χ1) is 8.36. The van der Waals surface area contributed by atoms with E-state index in [-0.39, 0.29) is 17.4 Å². The highest BCUT2D eigenvalue weighted by Gasteiger charge is 2.36. The predicted molar refractivity (Wildman–Crippen MR) is 69.9 cm³/mol. The number of sulfonamides is 1. The minimum atomic E-state index is -3.55. The Morgan fingerprint density at radius 2 is 2.11 bits per heavy atom. The second kappa shape index (κ2) is 4.70. The van der Waals surface area contributed by atoms with Crippen LogP contribution in [0, 0.1) is 12.8 Å². The van der Waals surface area contributed by atoms with Crippen molar-refractivity contribution in [2.45, 2.75) is 11.8 Å². The maximum absolute atomic E-state index is 12.2. The van der Waals surface area contributed by atoms with Gasteiger partial charge in [0.2, 0.25) is 10.0 Å². The van der Waals surface area contributed by atoms with Crippen LogP contribution in [0.3, 0.4) is 0 Å². The Hall–Kier alpha value is -0.820. The van der Waals surface area contributed by atoms with E-state index in [4.69, 9.17) is 22.4 Å². The molecular weight excluding hydrogens is 276 g/mol. The van der Waals surface area contributed by atoms with E-state index in [1.165, 1.54) is 16.4 Å². The van der Waals surface area contributed by atoms with Crippen LogP contribution in [0.4, 0.5) is 5.69 Å². The van der Waals surface area contributed by atoms with Crippen LogP contribution in [0.5, 0.6) is 0 Å². The van der Waals surface area contributed by atoms with E-state index in [0.717, 1.165) is 0 Å². The monoisotopic (exact) mass is 290 g/mol. The molecule has 1 fully saturated rings. The molecule has 0 atom stereocenters. The van der Waals surface area contributed by atoms with Gasteiger partial charge in [-0.2, -0.15) is 4.31 Å². The molecule has 0 saturated carbocycles. The standard InChI is InChI=1S/C11H15ClN2O3S/c1-7-10(12)2-9(3-11(7)13)18(16,17)14-4-8(5-14)6-15/h2-3,8,15H,4-6,13H2,1H3. The molecule has 5 nitrogen and oxygen atoms in total. The number of halogens is 1. The molecule has 2 rings (SSSR count). The lowest BCUT2D eigenvalue weighted by molar-refractivity contribution is 0.117. The zero-order valence-electron chi connectivity index (χ0n) is 9.93. The van der Waals surface area contributed by atoms with E-state index in [2.05, 4.69) is 0 Å². The van der Waals surface area contributed by atoms with E-state index in [1.54, 1.807) is 6.92 Å². The first-order valence-corrected chi connectivity index (χ1v) is 7.34. The van der Waals surface area contributed by atoms with Crippen molar-refractivity contribution in [3.8, 4) is 0 Å². The van der Waals surface area contributed by atoms with Crippen molar-refractivity contribution in [3.63, 3.8) is 0 Å². The SMILES string of the molecule is Cc1c(N)cc(S(=O)(=O)N2CC(CO)C2)cc1Cl. The van der Waals surface area contributed by atoms with Crippen LogP contribution in [0.1, 0.15) is 5.56 Å². The molecule has 1 saturated heterocycles. The van der Waals surface area contributed by atoms with Gasteiger partial charge in [0.05, 0.1) is 4.90 Å². The molecular formula is C11H15ClN2O3S. The van der Waals surface area contributed by atoms with E-state index < -0.39 is 10.0 Å². The highest BCUT2D eigenvalue weighted by Crippen LogP contribution is 2.30. The first kappa shape index (κ1) is 13.6. The Morgan fingerprint density at radius 1 is 1.50 bits per heavy atom. The van der Waals surface area contributed by atoms with Gasteiger partial charge in [-0.1, -0.05) is 11.6 Å². The molecule has 0 amide bonds. The summed E-state index contributed by atoms with van der Waals surface area (Å²) in [5.41, 5.74) is 6.76. The van der Waals surface area contributed by atoms with Gasteiger partial charge in [-0.05, 0) is 24.6 Å². The Labute approximate surface area is 111 Å². The summed E-state index contributed by atoms with van der Waals surface area (Å²) in [4.78, 5) is 0.104. The molecule has 0 aromatic heterocycles. The number of nitrogens with two attached hydrogens (primary N) is 1. The molecule has 0 unspecified atom stereocenters. The number of nitrogens with zero attached hydrogens (tertiary/aromatic N) is 1. The first-order valence-electron chi connectivity index (χ1n) is 5.53. The van der Waals surface area contributed by atoms with Gasteiger partial charge >= 0.3 is 0 Å². The van der Waals surface area contributed by atoms with Crippen LogP contribution >= 0.6 is 11.6 Å². The number of nitrogen functional groups attached to an aromatic ring is 1. The number of benzene rings is 1. The Balaban J connectivity index is 2.32. The van der Waals surface area contributed by atoms with Gasteiger partial charge in [-0.15, -0.1) is 0 Å². The largest absolute Gasteiger partial charge is 0.398 e. The molecule has 1 aromatic carbocycles.